The molecule has 1 amide bonds. The fourth-order valence-corrected chi connectivity index (χ4v) is 3.71. The Hall–Kier alpha value is -0.230. The summed E-state index contributed by atoms with van der Waals surface area (Å²) < 4.78 is 22.4. The summed E-state index contributed by atoms with van der Waals surface area (Å²) in [4.78, 5) is 12.0. The Kier molecular flexibility index (Phi) is 6.40. The SMILES string of the molecule is CC(C)(C)CNC(=O)C(SCC(C)(C)C)S(C)(=O)=O. The molecule has 0 saturated carbocycles. The van der Waals surface area contributed by atoms with Gasteiger partial charge in [-0.1, -0.05) is 41.5 Å². The van der Waals surface area contributed by atoms with Gasteiger partial charge >= 0.3 is 0 Å². The summed E-state index contributed by atoms with van der Waals surface area (Å²) in [7, 11) is -3.40. The Balaban J connectivity index is 4.74. The smallest absolute Gasteiger partial charge is 0.248 e. The third kappa shape index (κ3) is 9.32. The number of sulfone groups is 1. The molecular weight excluding hydrogens is 282 g/mol. The summed E-state index contributed by atoms with van der Waals surface area (Å²) in [5, 5.41) is 2.73. The molecule has 0 bridgehead atoms. The van der Waals surface area contributed by atoms with E-state index in [0.29, 0.717) is 12.3 Å². The summed E-state index contributed by atoms with van der Waals surface area (Å²) in [6.07, 6.45) is 1.12. The number of hydrogen-bond donors (Lipinski definition) is 1. The molecule has 1 N–H and O–H groups in total. The van der Waals surface area contributed by atoms with Crippen molar-refractivity contribution in [2.24, 2.45) is 10.8 Å². The minimum atomic E-state index is -3.40. The highest BCUT2D eigenvalue weighted by Crippen LogP contribution is 2.26. The highest BCUT2D eigenvalue weighted by Gasteiger charge is 2.31. The molecule has 0 heterocycles. The van der Waals surface area contributed by atoms with E-state index in [1.54, 1.807) is 0 Å². The van der Waals surface area contributed by atoms with E-state index in [0.717, 1.165) is 6.26 Å². The molecule has 0 radical (unpaired) electrons. The molecule has 0 rings (SSSR count). The lowest BCUT2D eigenvalue weighted by atomic mass is 9.97. The van der Waals surface area contributed by atoms with E-state index in [2.05, 4.69) is 5.32 Å². The van der Waals surface area contributed by atoms with Crippen molar-refractivity contribution >= 4 is 27.5 Å². The highest BCUT2D eigenvalue weighted by molar-refractivity contribution is 8.14. The Labute approximate surface area is 122 Å². The van der Waals surface area contributed by atoms with Gasteiger partial charge in [0, 0.05) is 12.8 Å². The summed E-state index contributed by atoms with van der Waals surface area (Å²) in [5.41, 5.74) is -0.0790. The largest absolute Gasteiger partial charge is 0.354 e. The molecule has 0 aromatic rings. The molecule has 19 heavy (non-hydrogen) atoms. The summed E-state index contributed by atoms with van der Waals surface area (Å²) in [6, 6.07) is 0. The molecule has 0 aliphatic rings. The van der Waals surface area contributed by atoms with Crippen molar-refractivity contribution < 1.29 is 13.2 Å². The van der Waals surface area contributed by atoms with Crippen LogP contribution in [-0.4, -0.2) is 37.5 Å². The number of carbonyl (C=O) groups is 1. The van der Waals surface area contributed by atoms with Crippen LogP contribution < -0.4 is 5.32 Å². The molecule has 0 aromatic heterocycles. The van der Waals surface area contributed by atoms with E-state index < -0.39 is 20.3 Å². The first-order valence-electron chi connectivity index (χ1n) is 6.31. The lowest BCUT2D eigenvalue weighted by Crippen LogP contribution is -2.41. The summed E-state index contributed by atoms with van der Waals surface area (Å²) >= 11 is 1.19. The molecule has 4 nitrogen and oxygen atoms in total. The van der Waals surface area contributed by atoms with Gasteiger partial charge in [-0.3, -0.25) is 4.79 Å². The second kappa shape index (κ2) is 6.48. The zero-order chi connectivity index (χ0) is 15.5. The molecule has 1 atom stereocenters. The fraction of sp³-hybridized carbons (Fsp3) is 0.923. The highest BCUT2D eigenvalue weighted by atomic mass is 32.3. The van der Waals surface area contributed by atoms with E-state index in [9.17, 15) is 13.2 Å². The van der Waals surface area contributed by atoms with Crippen LogP contribution in [0.25, 0.3) is 0 Å². The maximum atomic E-state index is 12.0. The summed E-state index contributed by atoms with van der Waals surface area (Å²) in [5.74, 6) is 0.208. The molecule has 0 spiro atoms. The molecule has 0 aliphatic carbocycles. The third-order valence-corrected chi connectivity index (χ3v) is 6.06. The molecular formula is C13H27NO3S2. The van der Waals surface area contributed by atoms with Crippen LogP contribution in [0.4, 0.5) is 0 Å². The van der Waals surface area contributed by atoms with Crippen LogP contribution in [0.5, 0.6) is 0 Å². The van der Waals surface area contributed by atoms with Crippen molar-refractivity contribution in [3.05, 3.63) is 0 Å². The predicted octanol–water partition coefficient (Wildman–Crippen LogP) is 2.30. The number of carbonyl (C=O) groups excluding carboxylic acids is 1. The molecule has 0 aliphatic heterocycles. The average Bonchev–Trinajstić information content (AvgIpc) is 2.09. The molecule has 0 saturated heterocycles. The Morgan fingerprint density at radius 2 is 1.58 bits per heavy atom. The molecule has 6 heteroatoms. The van der Waals surface area contributed by atoms with Crippen LogP contribution in [-0.2, 0) is 14.6 Å². The van der Waals surface area contributed by atoms with Crippen LogP contribution in [0.2, 0.25) is 0 Å². The van der Waals surface area contributed by atoms with Crippen molar-refractivity contribution in [1.82, 2.24) is 5.32 Å². The van der Waals surface area contributed by atoms with E-state index >= 15 is 0 Å². The van der Waals surface area contributed by atoms with Gasteiger partial charge in [-0.25, -0.2) is 8.42 Å². The van der Waals surface area contributed by atoms with Crippen LogP contribution in [0.1, 0.15) is 41.5 Å². The van der Waals surface area contributed by atoms with Crippen molar-refractivity contribution in [1.29, 1.82) is 0 Å². The monoisotopic (exact) mass is 309 g/mol. The van der Waals surface area contributed by atoms with Crippen molar-refractivity contribution in [3.63, 3.8) is 0 Å². The number of thioether (sulfide) groups is 1. The van der Waals surface area contributed by atoms with E-state index in [4.69, 9.17) is 0 Å². The minimum absolute atomic E-state index is 0.0160. The van der Waals surface area contributed by atoms with Crippen molar-refractivity contribution in [2.75, 3.05) is 18.6 Å². The average molecular weight is 309 g/mol. The maximum absolute atomic E-state index is 12.0. The van der Waals surface area contributed by atoms with Gasteiger partial charge < -0.3 is 5.32 Å². The third-order valence-electron chi connectivity index (χ3n) is 2.06. The quantitative estimate of drug-likeness (QED) is 0.846. The molecule has 1 unspecified atom stereocenters. The molecule has 0 fully saturated rings. The van der Waals surface area contributed by atoms with Gasteiger partial charge in [0.1, 0.15) is 0 Å². The number of rotatable bonds is 5. The van der Waals surface area contributed by atoms with Crippen LogP contribution in [0.3, 0.4) is 0 Å². The van der Waals surface area contributed by atoms with Gasteiger partial charge in [-0.2, -0.15) is 0 Å². The number of nitrogens with one attached hydrogen (secondary N) is 1. The molecule has 0 aromatic carbocycles. The first-order valence-corrected chi connectivity index (χ1v) is 9.31. The second-order valence-electron chi connectivity index (χ2n) is 7.31. The Morgan fingerprint density at radius 1 is 1.11 bits per heavy atom. The van der Waals surface area contributed by atoms with Gasteiger partial charge in [-0.05, 0) is 16.6 Å². The predicted molar refractivity (Wildman–Crippen MR) is 83.0 cm³/mol. The van der Waals surface area contributed by atoms with E-state index in [1.807, 2.05) is 41.5 Å². The van der Waals surface area contributed by atoms with Gasteiger partial charge in [0.2, 0.25) is 5.91 Å². The van der Waals surface area contributed by atoms with Crippen LogP contribution >= 0.6 is 11.8 Å². The number of amides is 1. The van der Waals surface area contributed by atoms with Gasteiger partial charge in [0.15, 0.2) is 14.4 Å². The first kappa shape index (κ1) is 18.8. The zero-order valence-electron chi connectivity index (χ0n) is 13.0. The lowest BCUT2D eigenvalue weighted by Gasteiger charge is -2.23. The van der Waals surface area contributed by atoms with E-state index in [-0.39, 0.29) is 10.8 Å². The fourth-order valence-electron chi connectivity index (χ4n) is 1.16. The Bertz CT molecular complexity index is 403. The molecule has 114 valence electrons. The topological polar surface area (TPSA) is 63.2 Å². The second-order valence-corrected chi connectivity index (χ2v) is 10.8. The normalized spacial score (nSPS) is 15.1. The zero-order valence-corrected chi connectivity index (χ0v) is 14.7. The standard InChI is InChI=1S/C13H27NO3S2/c1-12(2,3)8-14-10(15)11(19(7,16)17)18-9-13(4,5)6/h11H,8-9H2,1-7H3,(H,14,15). The first-order chi connectivity index (χ1) is 8.22. The van der Waals surface area contributed by atoms with Crippen LogP contribution in [0, 0.1) is 10.8 Å². The van der Waals surface area contributed by atoms with Gasteiger partial charge in [0.25, 0.3) is 0 Å². The van der Waals surface area contributed by atoms with Crippen molar-refractivity contribution in [3.8, 4) is 0 Å². The van der Waals surface area contributed by atoms with E-state index in [1.165, 1.54) is 11.8 Å². The number of hydrogen-bond acceptors (Lipinski definition) is 4. The minimum Gasteiger partial charge on any atom is -0.354 e. The summed E-state index contributed by atoms with van der Waals surface area (Å²) in [6.45, 7) is 12.5. The van der Waals surface area contributed by atoms with Crippen LogP contribution in [0.15, 0.2) is 0 Å². The maximum Gasteiger partial charge on any atom is 0.248 e. The Morgan fingerprint density at radius 3 is 1.89 bits per heavy atom. The van der Waals surface area contributed by atoms with Gasteiger partial charge in [0.05, 0.1) is 0 Å². The van der Waals surface area contributed by atoms with Gasteiger partial charge in [-0.15, -0.1) is 11.8 Å². The van der Waals surface area contributed by atoms with Crippen molar-refractivity contribution in [2.45, 2.75) is 46.1 Å². The lowest BCUT2D eigenvalue weighted by molar-refractivity contribution is -0.119.